The lowest BCUT2D eigenvalue weighted by Crippen LogP contribution is -2.39. The molecular formula is C22H27N5O3. The van der Waals surface area contributed by atoms with Gasteiger partial charge in [0.05, 0.1) is 6.54 Å². The lowest BCUT2D eigenvalue weighted by Gasteiger charge is -2.09. The Hall–Kier alpha value is -3.13. The summed E-state index contributed by atoms with van der Waals surface area (Å²) in [6, 6.07) is 7.84. The van der Waals surface area contributed by atoms with Gasteiger partial charge in [0.2, 0.25) is 5.78 Å². The molecule has 3 heterocycles. The number of benzene rings is 1. The van der Waals surface area contributed by atoms with Crippen molar-refractivity contribution in [3.8, 4) is 0 Å². The van der Waals surface area contributed by atoms with Crippen LogP contribution in [0.2, 0.25) is 0 Å². The molecule has 0 amide bonds. The molecule has 0 atom stereocenters. The minimum atomic E-state index is -0.366. The quantitative estimate of drug-likeness (QED) is 0.439. The number of nitrogens with zero attached hydrogens (tertiary/aromatic N) is 5. The summed E-state index contributed by atoms with van der Waals surface area (Å²) < 4.78 is 12.0. The maximum atomic E-state index is 13.3. The van der Waals surface area contributed by atoms with E-state index in [9.17, 15) is 9.59 Å². The van der Waals surface area contributed by atoms with Crippen molar-refractivity contribution in [2.45, 2.75) is 40.3 Å². The van der Waals surface area contributed by atoms with Gasteiger partial charge in [0, 0.05) is 38.7 Å². The molecule has 8 heteroatoms. The zero-order chi connectivity index (χ0) is 21.4. The molecule has 0 saturated carbocycles. The van der Waals surface area contributed by atoms with Crippen LogP contribution in [-0.2, 0) is 24.9 Å². The first-order valence-electron chi connectivity index (χ1n) is 10.2. The molecule has 0 bridgehead atoms. The molecule has 3 aromatic heterocycles. The summed E-state index contributed by atoms with van der Waals surface area (Å²) in [5.74, 6) is 0.666. The Bertz CT molecular complexity index is 1340. The van der Waals surface area contributed by atoms with E-state index in [2.05, 4.69) is 9.55 Å². The van der Waals surface area contributed by atoms with E-state index in [1.807, 2.05) is 51.2 Å². The number of hydrogen-bond acceptors (Lipinski definition) is 4. The Labute approximate surface area is 174 Å². The summed E-state index contributed by atoms with van der Waals surface area (Å²) in [5.41, 5.74) is 3.15. The van der Waals surface area contributed by atoms with Crippen LogP contribution in [0.25, 0.3) is 16.9 Å². The average molecular weight is 409 g/mol. The number of fused-ring (bicyclic) bond motifs is 3. The molecule has 0 spiro atoms. The van der Waals surface area contributed by atoms with Gasteiger partial charge in [0.15, 0.2) is 11.2 Å². The van der Waals surface area contributed by atoms with E-state index in [-0.39, 0.29) is 17.8 Å². The lowest BCUT2D eigenvalue weighted by molar-refractivity contribution is 0.142. The van der Waals surface area contributed by atoms with Gasteiger partial charge in [-0.3, -0.25) is 18.3 Å². The third kappa shape index (κ3) is 3.37. The van der Waals surface area contributed by atoms with Crippen molar-refractivity contribution in [1.82, 2.24) is 23.1 Å². The second-order valence-electron chi connectivity index (χ2n) is 7.65. The third-order valence-corrected chi connectivity index (χ3v) is 5.44. The van der Waals surface area contributed by atoms with Crippen LogP contribution in [0.1, 0.15) is 30.2 Å². The lowest BCUT2D eigenvalue weighted by atomic mass is 10.1. The van der Waals surface area contributed by atoms with Crippen molar-refractivity contribution in [2.24, 2.45) is 7.05 Å². The van der Waals surface area contributed by atoms with Crippen molar-refractivity contribution in [2.75, 3.05) is 13.2 Å². The second kappa shape index (κ2) is 7.95. The summed E-state index contributed by atoms with van der Waals surface area (Å²) in [5, 5.41) is 0. The topological polar surface area (TPSA) is 75.5 Å². The van der Waals surface area contributed by atoms with Gasteiger partial charge in [0.25, 0.3) is 5.56 Å². The van der Waals surface area contributed by atoms with Crippen LogP contribution < -0.4 is 11.2 Å². The summed E-state index contributed by atoms with van der Waals surface area (Å²) in [7, 11) is 1.66. The maximum absolute atomic E-state index is 13.3. The van der Waals surface area contributed by atoms with E-state index in [1.165, 1.54) is 9.13 Å². The fourth-order valence-electron chi connectivity index (χ4n) is 3.93. The van der Waals surface area contributed by atoms with Crippen molar-refractivity contribution < 1.29 is 4.74 Å². The molecule has 0 unspecified atom stereocenters. The molecule has 8 nitrogen and oxygen atoms in total. The summed E-state index contributed by atoms with van der Waals surface area (Å²) in [4.78, 5) is 30.9. The summed E-state index contributed by atoms with van der Waals surface area (Å²) in [6.07, 6.45) is 2.76. The van der Waals surface area contributed by atoms with E-state index >= 15 is 0 Å². The van der Waals surface area contributed by atoms with E-state index in [0.29, 0.717) is 30.2 Å². The fraction of sp³-hybridized carbons (Fsp3) is 0.409. The zero-order valence-electron chi connectivity index (χ0n) is 17.9. The molecule has 0 aliphatic rings. The van der Waals surface area contributed by atoms with Crippen LogP contribution in [0.3, 0.4) is 0 Å². The number of hydrogen-bond donors (Lipinski definition) is 0. The van der Waals surface area contributed by atoms with Crippen LogP contribution >= 0.6 is 0 Å². The molecule has 0 N–H and O–H groups in total. The van der Waals surface area contributed by atoms with Gasteiger partial charge in [-0.2, -0.15) is 4.98 Å². The van der Waals surface area contributed by atoms with E-state index in [0.717, 1.165) is 29.8 Å². The molecule has 30 heavy (non-hydrogen) atoms. The Balaban J connectivity index is 1.85. The SMILES string of the molecule is CCOCCCn1c(C)cn2c3c(=O)n(Cc4cccc(C)c4)c(=O)n(C)c3nc12. The van der Waals surface area contributed by atoms with E-state index in [1.54, 1.807) is 11.4 Å². The highest BCUT2D eigenvalue weighted by Crippen LogP contribution is 2.17. The zero-order valence-corrected chi connectivity index (χ0v) is 17.9. The Morgan fingerprint density at radius 2 is 1.93 bits per heavy atom. The summed E-state index contributed by atoms with van der Waals surface area (Å²) >= 11 is 0. The Kier molecular flexibility index (Phi) is 5.34. The van der Waals surface area contributed by atoms with Crippen LogP contribution in [-0.4, -0.2) is 36.3 Å². The van der Waals surface area contributed by atoms with Gasteiger partial charge in [0.1, 0.15) is 0 Å². The average Bonchev–Trinajstić information content (AvgIpc) is 3.22. The van der Waals surface area contributed by atoms with Crippen LogP contribution in [0.5, 0.6) is 0 Å². The molecule has 0 aliphatic carbocycles. The highest BCUT2D eigenvalue weighted by Gasteiger charge is 2.20. The highest BCUT2D eigenvalue weighted by atomic mass is 16.5. The van der Waals surface area contributed by atoms with Crippen LogP contribution in [0.4, 0.5) is 0 Å². The molecule has 4 rings (SSSR count). The molecule has 4 aromatic rings. The number of imidazole rings is 2. The standard InChI is InChI=1S/C22H27N5O3/c1-5-30-11-7-10-25-16(3)13-26-18-19(23-21(25)26)24(4)22(29)27(20(18)28)14-17-9-6-8-15(2)12-17/h6,8-9,12-13H,5,7,10-11,14H2,1-4H3. The maximum Gasteiger partial charge on any atom is 0.332 e. The summed E-state index contributed by atoms with van der Waals surface area (Å²) in [6.45, 7) is 8.28. The Morgan fingerprint density at radius 3 is 2.67 bits per heavy atom. The molecule has 0 saturated heterocycles. The molecule has 1 aromatic carbocycles. The first-order valence-corrected chi connectivity index (χ1v) is 10.2. The normalized spacial score (nSPS) is 11.7. The minimum Gasteiger partial charge on any atom is -0.382 e. The van der Waals surface area contributed by atoms with Crippen LogP contribution in [0, 0.1) is 13.8 Å². The van der Waals surface area contributed by atoms with Crippen molar-refractivity contribution in [3.05, 3.63) is 68.1 Å². The largest absolute Gasteiger partial charge is 0.382 e. The number of aromatic nitrogens is 5. The van der Waals surface area contributed by atoms with E-state index in [4.69, 9.17) is 4.74 Å². The van der Waals surface area contributed by atoms with Crippen molar-refractivity contribution in [1.29, 1.82) is 0 Å². The van der Waals surface area contributed by atoms with Gasteiger partial charge in [-0.25, -0.2) is 4.79 Å². The monoisotopic (exact) mass is 409 g/mol. The predicted octanol–water partition coefficient (Wildman–Crippen LogP) is 2.24. The molecular weight excluding hydrogens is 382 g/mol. The van der Waals surface area contributed by atoms with Crippen LogP contribution in [0.15, 0.2) is 40.1 Å². The molecule has 158 valence electrons. The highest BCUT2D eigenvalue weighted by molar-refractivity contribution is 5.75. The molecule has 0 aliphatic heterocycles. The first-order chi connectivity index (χ1) is 14.4. The van der Waals surface area contributed by atoms with Gasteiger partial charge in [-0.05, 0) is 32.8 Å². The minimum absolute atomic E-state index is 0.227. The van der Waals surface area contributed by atoms with Gasteiger partial charge < -0.3 is 9.30 Å². The number of aryl methyl sites for hydroxylation is 4. The van der Waals surface area contributed by atoms with Gasteiger partial charge >= 0.3 is 5.69 Å². The molecule has 0 fully saturated rings. The predicted molar refractivity (Wildman–Crippen MR) is 116 cm³/mol. The first kappa shape index (κ1) is 20.2. The smallest absolute Gasteiger partial charge is 0.332 e. The second-order valence-corrected chi connectivity index (χ2v) is 7.65. The van der Waals surface area contributed by atoms with Gasteiger partial charge in [-0.15, -0.1) is 0 Å². The third-order valence-electron chi connectivity index (χ3n) is 5.44. The fourth-order valence-corrected chi connectivity index (χ4v) is 3.93. The Morgan fingerprint density at radius 1 is 1.13 bits per heavy atom. The van der Waals surface area contributed by atoms with Gasteiger partial charge in [-0.1, -0.05) is 29.8 Å². The van der Waals surface area contributed by atoms with E-state index < -0.39 is 0 Å². The number of ether oxygens (including phenoxy) is 1. The number of rotatable bonds is 7. The van der Waals surface area contributed by atoms with Crippen molar-refractivity contribution in [3.63, 3.8) is 0 Å². The van der Waals surface area contributed by atoms with Crippen molar-refractivity contribution >= 4 is 16.9 Å². The molecule has 0 radical (unpaired) electrons.